The van der Waals surface area contributed by atoms with Gasteiger partial charge < -0.3 is 14.0 Å². The average molecular weight is 226 g/mol. The van der Waals surface area contributed by atoms with Crippen LogP contribution in [-0.4, -0.2) is 31.5 Å². The van der Waals surface area contributed by atoms with Crippen LogP contribution < -0.4 is 0 Å². The van der Waals surface area contributed by atoms with Gasteiger partial charge in [-0.2, -0.15) is 0 Å². The van der Waals surface area contributed by atoms with Crippen molar-refractivity contribution in [2.75, 3.05) is 13.2 Å². The van der Waals surface area contributed by atoms with Crippen LogP contribution in [-0.2, 0) is 14.0 Å². The van der Waals surface area contributed by atoms with Gasteiger partial charge in [-0.1, -0.05) is 0 Å². The van der Waals surface area contributed by atoms with Crippen molar-refractivity contribution in [1.29, 1.82) is 0 Å². The molecule has 2 fully saturated rings. The maximum Gasteiger partial charge on any atom is 0.458 e. The summed E-state index contributed by atoms with van der Waals surface area (Å²) in [4.78, 5) is 0. The van der Waals surface area contributed by atoms with E-state index in [2.05, 4.69) is 27.7 Å². The first-order valence-electron chi connectivity index (χ1n) is 6.34. The molecule has 16 heavy (non-hydrogen) atoms. The third-order valence-electron chi connectivity index (χ3n) is 4.17. The predicted molar refractivity (Wildman–Crippen MR) is 64.4 cm³/mol. The monoisotopic (exact) mass is 226 g/mol. The van der Waals surface area contributed by atoms with Crippen molar-refractivity contribution in [3.8, 4) is 0 Å². The summed E-state index contributed by atoms with van der Waals surface area (Å²) in [6.45, 7) is 10.2. The standard InChI is InChI=1S/C12H23BO3/c1-11(2)12(3,4)16-13(15-11)9-10-5-7-14-8-6-10/h10H,5-9H2,1-4H3. The molecule has 0 aromatic rings. The van der Waals surface area contributed by atoms with Crippen LogP contribution >= 0.6 is 0 Å². The fourth-order valence-corrected chi connectivity index (χ4v) is 2.32. The molecule has 0 N–H and O–H groups in total. The van der Waals surface area contributed by atoms with E-state index in [0.717, 1.165) is 32.4 Å². The van der Waals surface area contributed by atoms with Crippen molar-refractivity contribution in [3.05, 3.63) is 0 Å². The third kappa shape index (κ3) is 2.44. The molecule has 0 spiro atoms. The first kappa shape index (κ1) is 12.4. The van der Waals surface area contributed by atoms with Crippen molar-refractivity contribution < 1.29 is 14.0 Å². The molecule has 2 rings (SSSR count). The van der Waals surface area contributed by atoms with Crippen LogP contribution in [0.25, 0.3) is 0 Å². The predicted octanol–water partition coefficient (Wildman–Crippen LogP) is 2.51. The minimum Gasteiger partial charge on any atom is -0.403 e. The zero-order valence-corrected chi connectivity index (χ0v) is 10.9. The molecule has 0 unspecified atom stereocenters. The van der Waals surface area contributed by atoms with Gasteiger partial charge in [-0.25, -0.2) is 0 Å². The molecule has 0 radical (unpaired) electrons. The summed E-state index contributed by atoms with van der Waals surface area (Å²) in [7, 11) is -0.0342. The first-order chi connectivity index (χ1) is 7.41. The van der Waals surface area contributed by atoms with E-state index in [9.17, 15) is 0 Å². The highest BCUT2D eigenvalue weighted by Gasteiger charge is 2.51. The summed E-state index contributed by atoms with van der Waals surface area (Å²) in [5.41, 5.74) is -0.383. The molecule has 3 nitrogen and oxygen atoms in total. The van der Waals surface area contributed by atoms with E-state index in [-0.39, 0.29) is 18.3 Å². The summed E-state index contributed by atoms with van der Waals surface area (Å²) < 4.78 is 17.4. The molecule has 2 saturated heterocycles. The molecular weight excluding hydrogens is 203 g/mol. The Balaban J connectivity index is 1.88. The van der Waals surface area contributed by atoms with E-state index in [1.165, 1.54) is 0 Å². The Hall–Kier alpha value is -0.0551. The number of hydrogen-bond donors (Lipinski definition) is 0. The van der Waals surface area contributed by atoms with Gasteiger partial charge in [0.2, 0.25) is 0 Å². The smallest absolute Gasteiger partial charge is 0.403 e. The van der Waals surface area contributed by atoms with E-state index in [1.807, 2.05) is 0 Å². The fourth-order valence-electron chi connectivity index (χ4n) is 2.32. The average Bonchev–Trinajstić information content (AvgIpc) is 2.36. The van der Waals surface area contributed by atoms with Crippen LogP contribution in [0.4, 0.5) is 0 Å². The Morgan fingerprint density at radius 3 is 2.00 bits per heavy atom. The Morgan fingerprint density at radius 2 is 1.50 bits per heavy atom. The quantitative estimate of drug-likeness (QED) is 0.677. The minimum atomic E-state index is -0.192. The zero-order valence-electron chi connectivity index (χ0n) is 10.9. The summed E-state index contributed by atoms with van der Waals surface area (Å²) in [6.07, 6.45) is 3.30. The van der Waals surface area contributed by atoms with Crippen molar-refractivity contribution in [3.63, 3.8) is 0 Å². The van der Waals surface area contributed by atoms with Crippen LogP contribution in [0.1, 0.15) is 40.5 Å². The van der Waals surface area contributed by atoms with Gasteiger partial charge in [0.25, 0.3) is 0 Å². The molecule has 0 aromatic carbocycles. The van der Waals surface area contributed by atoms with E-state index < -0.39 is 0 Å². The van der Waals surface area contributed by atoms with Gasteiger partial charge in [0.05, 0.1) is 11.2 Å². The van der Waals surface area contributed by atoms with E-state index >= 15 is 0 Å². The van der Waals surface area contributed by atoms with Gasteiger partial charge in [-0.15, -0.1) is 0 Å². The molecule has 4 heteroatoms. The SMILES string of the molecule is CC1(C)OB(CC2CCOCC2)OC1(C)C. The topological polar surface area (TPSA) is 27.7 Å². The molecule has 0 amide bonds. The normalized spacial score (nSPS) is 29.6. The summed E-state index contributed by atoms with van der Waals surface area (Å²) in [5.74, 6) is 0.698. The summed E-state index contributed by atoms with van der Waals surface area (Å²) in [5, 5.41) is 0. The third-order valence-corrected chi connectivity index (χ3v) is 4.17. The summed E-state index contributed by atoms with van der Waals surface area (Å²) >= 11 is 0. The largest absolute Gasteiger partial charge is 0.458 e. The number of hydrogen-bond acceptors (Lipinski definition) is 3. The Kier molecular flexibility index (Phi) is 3.35. The molecule has 0 aromatic heterocycles. The number of rotatable bonds is 2. The fraction of sp³-hybridized carbons (Fsp3) is 1.00. The van der Waals surface area contributed by atoms with Crippen molar-refractivity contribution in [2.45, 2.75) is 58.1 Å². The second kappa shape index (κ2) is 4.32. The lowest BCUT2D eigenvalue weighted by Crippen LogP contribution is -2.41. The van der Waals surface area contributed by atoms with Gasteiger partial charge in [0, 0.05) is 13.2 Å². The lowest BCUT2D eigenvalue weighted by Gasteiger charge is -2.32. The maximum absolute atomic E-state index is 6.00. The second-order valence-corrected chi connectivity index (χ2v) is 5.98. The van der Waals surface area contributed by atoms with Crippen molar-refractivity contribution in [1.82, 2.24) is 0 Å². The lowest BCUT2D eigenvalue weighted by atomic mass is 9.74. The van der Waals surface area contributed by atoms with Gasteiger partial charge in [-0.05, 0) is 52.8 Å². The van der Waals surface area contributed by atoms with Gasteiger partial charge in [0.1, 0.15) is 0 Å². The van der Waals surface area contributed by atoms with Gasteiger partial charge in [0.15, 0.2) is 0 Å². The van der Waals surface area contributed by atoms with Crippen LogP contribution in [0.15, 0.2) is 0 Å². The Labute approximate surface area is 99.0 Å². The molecule has 0 saturated carbocycles. The van der Waals surface area contributed by atoms with Crippen LogP contribution in [0.5, 0.6) is 0 Å². The second-order valence-electron chi connectivity index (χ2n) is 5.98. The highest BCUT2D eigenvalue weighted by atomic mass is 16.7. The van der Waals surface area contributed by atoms with Crippen molar-refractivity contribution in [2.24, 2.45) is 5.92 Å². The molecule has 0 aliphatic carbocycles. The Bertz CT molecular complexity index is 231. The zero-order chi connectivity index (χ0) is 11.8. The molecule has 2 heterocycles. The van der Waals surface area contributed by atoms with Crippen LogP contribution in [0.2, 0.25) is 6.32 Å². The number of ether oxygens (including phenoxy) is 1. The first-order valence-corrected chi connectivity index (χ1v) is 6.34. The van der Waals surface area contributed by atoms with Gasteiger partial charge >= 0.3 is 7.12 Å². The van der Waals surface area contributed by atoms with Gasteiger partial charge in [-0.3, -0.25) is 0 Å². The maximum atomic E-state index is 6.00. The van der Waals surface area contributed by atoms with Crippen molar-refractivity contribution >= 4 is 7.12 Å². The lowest BCUT2D eigenvalue weighted by molar-refractivity contribution is 0.00578. The molecular formula is C12H23BO3. The van der Waals surface area contributed by atoms with Crippen LogP contribution in [0.3, 0.4) is 0 Å². The summed E-state index contributed by atoms with van der Waals surface area (Å²) in [6, 6.07) is 0. The molecule has 0 atom stereocenters. The molecule has 0 bridgehead atoms. The van der Waals surface area contributed by atoms with E-state index in [1.54, 1.807) is 0 Å². The van der Waals surface area contributed by atoms with Crippen LogP contribution in [0, 0.1) is 5.92 Å². The minimum absolute atomic E-state index is 0.0342. The molecule has 2 aliphatic rings. The Morgan fingerprint density at radius 1 is 1.00 bits per heavy atom. The van der Waals surface area contributed by atoms with E-state index in [0.29, 0.717) is 5.92 Å². The van der Waals surface area contributed by atoms with E-state index in [4.69, 9.17) is 14.0 Å². The molecule has 2 aliphatic heterocycles. The molecule has 92 valence electrons. The highest BCUT2D eigenvalue weighted by Crippen LogP contribution is 2.39. The highest BCUT2D eigenvalue weighted by molar-refractivity contribution is 6.45.